The van der Waals surface area contributed by atoms with Crippen molar-refractivity contribution in [2.24, 2.45) is 0 Å². The van der Waals surface area contributed by atoms with Crippen LogP contribution in [-0.4, -0.2) is 34.9 Å². The van der Waals surface area contributed by atoms with Gasteiger partial charge in [0, 0.05) is 50.1 Å². The van der Waals surface area contributed by atoms with E-state index in [2.05, 4.69) is 252 Å². The lowest BCUT2D eigenvalue weighted by Gasteiger charge is -2.40. The third kappa shape index (κ3) is 10.7. The zero-order valence-electron chi connectivity index (χ0n) is 50.0. The Hall–Kier alpha value is -11.0. The first-order chi connectivity index (χ1) is 42.9. The summed E-state index contributed by atoms with van der Waals surface area (Å²) in [5.74, 6) is 2.77. The number of hydrogen-bond acceptors (Lipinski definition) is 9. The van der Waals surface area contributed by atoms with Gasteiger partial charge in [0.05, 0.1) is 51.2 Å². The van der Waals surface area contributed by atoms with Crippen LogP contribution in [0.2, 0.25) is 0 Å². The van der Waals surface area contributed by atoms with Crippen molar-refractivity contribution in [2.75, 3.05) is 9.80 Å². The van der Waals surface area contributed by atoms with E-state index in [0.29, 0.717) is 34.9 Å². The highest BCUT2D eigenvalue weighted by Gasteiger charge is 2.36. The van der Waals surface area contributed by atoms with Crippen molar-refractivity contribution < 1.29 is 0 Å². The molecule has 0 aliphatic carbocycles. The molecule has 0 radical (unpaired) electrons. The highest BCUT2D eigenvalue weighted by molar-refractivity contribution is 6.08. The first kappa shape index (κ1) is 54.9. The summed E-state index contributed by atoms with van der Waals surface area (Å²) < 4.78 is 0. The van der Waals surface area contributed by atoms with Crippen LogP contribution in [0.1, 0.15) is 52.7 Å². The summed E-state index contributed by atoms with van der Waals surface area (Å²) in [6, 6.07) is 94.7. The van der Waals surface area contributed by atoms with Gasteiger partial charge < -0.3 is 4.90 Å². The van der Waals surface area contributed by atoms with Gasteiger partial charge >= 0.3 is 0 Å². The number of fused-ring (bicyclic) bond motifs is 2. The summed E-state index contributed by atoms with van der Waals surface area (Å²) >= 11 is 0. The van der Waals surface area contributed by atoms with Crippen molar-refractivity contribution in [3.8, 4) is 102 Å². The summed E-state index contributed by atoms with van der Waals surface area (Å²) in [6.45, 7) is 13.7. The molecule has 0 bridgehead atoms. The topological polar surface area (TPSA) is 96.7 Å². The van der Waals surface area contributed by atoms with Crippen LogP contribution in [0.5, 0.6) is 0 Å². The van der Waals surface area contributed by atoms with E-state index in [1.807, 2.05) is 72.8 Å². The van der Waals surface area contributed by atoms with E-state index in [9.17, 15) is 0 Å². The van der Waals surface area contributed by atoms with Gasteiger partial charge in [0.25, 0.3) is 0 Å². The van der Waals surface area contributed by atoms with Gasteiger partial charge in [0.1, 0.15) is 0 Å². The smallest absolute Gasteiger partial charge is 0.235 e. The van der Waals surface area contributed by atoms with E-state index >= 15 is 0 Å². The van der Waals surface area contributed by atoms with E-state index in [0.717, 1.165) is 101 Å². The summed E-state index contributed by atoms with van der Waals surface area (Å²) in [4.78, 5) is 43.0. The minimum atomic E-state index is -0.244. The second kappa shape index (κ2) is 22.8. The molecule has 1 aliphatic rings. The normalized spacial score (nSPS) is 12.2. The molecule has 88 heavy (non-hydrogen) atoms. The number of hydrogen-bond donors (Lipinski definition) is 0. The molecule has 0 atom stereocenters. The number of anilines is 6. The Kier molecular flexibility index (Phi) is 14.2. The van der Waals surface area contributed by atoms with Gasteiger partial charge in [0.2, 0.25) is 5.95 Å². The summed E-state index contributed by atoms with van der Waals surface area (Å²) in [6.07, 6.45) is 0. The fourth-order valence-corrected chi connectivity index (χ4v) is 11.6. The standard InChI is InChI=1S/C79H63N9/c1-78(2,3)59-47-58(48-60(49-59)79(4,5)6)71-61(76-85-74(56-37-21-11-22-38-56)84-75(86-76)57-39-23-12-24-40-57)45-46-70(72(71)65-51-62(52-29-13-7-14-30-52)80-73(81-65)55-35-19-10-20-36-55)87-66-41-25-27-43-68(66)88(69-44-28-26-42-67(69)87)77-82-63(53-31-15-8-16-32-53)50-64(83-77)54-33-17-9-18-34-54/h7-51H,1-6H3. The maximum Gasteiger partial charge on any atom is 0.235 e. The quantitative estimate of drug-likeness (QED) is 0.125. The molecule has 0 amide bonds. The molecule has 0 N–H and O–H groups in total. The number of rotatable bonds is 11. The molecule has 0 saturated carbocycles. The zero-order valence-corrected chi connectivity index (χ0v) is 50.0. The average Bonchev–Trinajstić information content (AvgIpc) is 0.805. The summed E-state index contributed by atoms with van der Waals surface area (Å²) in [7, 11) is 0. The van der Waals surface area contributed by atoms with E-state index in [1.54, 1.807) is 0 Å². The lowest BCUT2D eigenvalue weighted by molar-refractivity contribution is 0.569. The molecule has 13 aromatic rings. The average molecular weight is 1140 g/mol. The molecule has 10 aromatic carbocycles. The van der Waals surface area contributed by atoms with E-state index in [4.69, 9.17) is 34.9 Å². The van der Waals surface area contributed by atoms with Crippen LogP contribution in [0, 0.1) is 0 Å². The molecule has 1 aliphatic heterocycles. The predicted molar refractivity (Wildman–Crippen MR) is 360 cm³/mol. The Morgan fingerprint density at radius 3 is 0.977 bits per heavy atom. The molecular weight excluding hydrogens is 1070 g/mol. The van der Waals surface area contributed by atoms with Crippen molar-refractivity contribution in [3.05, 3.63) is 284 Å². The monoisotopic (exact) mass is 1140 g/mol. The molecule has 9 nitrogen and oxygen atoms in total. The third-order valence-electron chi connectivity index (χ3n) is 16.2. The van der Waals surface area contributed by atoms with Crippen molar-refractivity contribution in [1.29, 1.82) is 0 Å². The van der Waals surface area contributed by atoms with Crippen LogP contribution in [0.4, 0.5) is 34.4 Å². The van der Waals surface area contributed by atoms with Crippen molar-refractivity contribution in [3.63, 3.8) is 0 Å². The van der Waals surface area contributed by atoms with Gasteiger partial charge in [-0.15, -0.1) is 0 Å². The Balaban J connectivity index is 1.12. The van der Waals surface area contributed by atoms with Crippen LogP contribution in [-0.2, 0) is 10.8 Å². The molecule has 4 heterocycles. The van der Waals surface area contributed by atoms with Crippen LogP contribution in [0.25, 0.3) is 102 Å². The molecule has 0 unspecified atom stereocenters. The molecule has 0 fully saturated rings. The van der Waals surface area contributed by atoms with Gasteiger partial charge in [-0.1, -0.05) is 266 Å². The highest BCUT2D eigenvalue weighted by Crippen LogP contribution is 2.57. The minimum absolute atomic E-state index is 0.244. The van der Waals surface area contributed by atoms with Crippen molar-refractivity contribution >= 4 is 34.4 Å². The first-order valence-corrected chi connectivity index (χ1v) is 29.9. The van der Waals surface area contributed by atoms with Gasteiger partial charge in [-0.25, -0.2) is 34.9 Å². The van der Waals surface area contributed by atoms with Crippen LogP contribution >= 0.6 is 0 Å². The van der Waals surface area contributed by atoms with Gasteiger partial charge in [-0.3, -0.25) is 4.90 Å². The zero-order chi connectivity index (χ0) is 59.9. The Morgan fingerprint density at radius 1 is 0.239 bits per heavy atom. The Morgan fingerprint density at radius 2 is 0.568 bits per heavy atom. The van der Waals surface area contributed by atoms with Crippen molar-refractivity contribution in [1.82, 2.24) is 34.9 Å². The fourth-order valence-electron chi connectivity index (χ4n) is 11.6. The van der Waals surface area contributed by atoms with E-state index in [1.165, 1.54) is 11.1 Å². The second-order valence-electron chi connectivity index (χ2n) is 24.2. The molecule has 14 rings (SSSR count). The maximum absolute atomic E-state index is 5.78. The Bertz CT molecular complexity index is 4430. The third-order valence-corrected chi connectivity index (χ3v) is 16.2. The molecular formula is C79H63N9. The Labute approximate surface area is 514 Å². The van der Waals surface area contributed by atoms with Crippen molar-refractivity contribution in [2.45, 2.75) is 52.4 Å². The lowest BCUT2D eigenvalue weighted by atomic mass is 9.77. The fraction of sp³-hybridized carbons (Fsp3) is 0.101. The summed E-state index contributed by atoms with van der Waals surface area (Å²) in [5.41, 5.74) is 18.6. The SMILES string of the molecule is CC(C)(C)c1cc(-c2c(-c3nc(-c4ccccc4)nc(-c4ccccc4)n3)ccc(N3c4ccccc4N(c4nc(-c5ccccc5)cc(-c5ccccc5)n4)c4ccccc43)c2-c2cc(-c3ccccc3)nc(-c3ccccc3)n2)cc(C(C)(C)C)c1. The number of benzene rings is 10. The second-order valence-corrected chi connectivity index (χ2v) is 24.2. The van der Waals surface area contributed by atoms with Gasteiger partial charge in [-0.05, 0) is 76.1 Å². The van der Waals surface area contributed by atoms with Gasteiger partial charge in [-0.2, -0.15) is 0 Å². The minimum Gasteiger partial charge on any atom is -0.306 e. The molecule has 3 aromatic heterocycles. The molecule has 0 spiro atoms. The van der Waals surface area contributed by atoms with Crippen LogP contribution < -0.4 is 9.80 Å². The van der Waals surface area contributed by atoms with Crippen LogP contribution in [0.15, 0.2) is 273 Å². The summed E-state index contributed by atoms with van der Waals surface area (Å²) in [5, 5.41) is 0. The molecule has 0 saturated heterocycles. The van der Waals surface area contributed by atoms with E-state index in [-0.39, 0.29) is 10.8 Å². The molecule has 424 valence electrons. The van der Waals surface area contributed by atoms with Crippen LogP contribution in [0.3, 0.4) is 0 Å². The highest BCUT2D eigenvalue weighted by atomic mass is 15.3. The lowest BCUT2D eigenvalue weighted by Crippen LogP contribution is -2.26. The maximum atomic E-state index is 5.78. The number of para-hydroxylation sites is 4. The molecule has 9 heteroatoms. The number of nitrogens with zero attached hydrogens (tertiary/aromatic N) is 9. The largest absolute Gasteiger partial charge is 0.306 e. The van der Waals surface area contributed by atoms with E-state index < -0.39 is 0 Å². The predicted octanol–water partition coefficient (Wildman–Crippen LogP) is 20.3. The first-order valence-electron chi connectivity index (χ1n) is 29.9. The van der Waals surface area contributed by atoms with Gasteiger partial charge in [0.15, 0.2) is 23.3 Å². The number of aromatic nitrogens is 7.